The molecule has 2 heterocycles. The van der Waals surface area contributed by atoms with Gasteiger partial charge in [-0.05, 0) is 43.7 Å². The molecule has 0 spiro atoms. The molecule has 2 aromatic heterocycles. The summed E-state index contributed by atoms with van der Waals surface area (Å²) in [5, 5.41) is 29.4. The maximum atomic E-state index is 15.1. The van der Waals surface area contributed by atoms with Gasteiger partial charge in [-0.3, -0.25) is 4.79 Å². The summed E-state index contributed by atoms with van der Waals surface area (Å²) in [5.74, 6) is -2.71. The van der Waals surface area contributed by atoms with E-state index in [2.05, 4.69) is 15.4 Å². The van der Waals surface area contributed by atoms with E-state index in [4.69, 9.17) is 27.9 Å². The molecular formula is C32H26Cl2F4N4O4. The largest absolute Gasteiger partial charge is 0.494 e. The Morgan fingerprint density at radius 3 is 2.37 bits per heavy atom. The molecule has 240 valence electrons. The van der Waals surface area contributed by atoms with Crippen LogP contribution in [0.2, 0.25) is 10.0 Å². The van der Waals surface area contributed by atoms with Crippen LogP contribution in [0, 0.1) is 11.6 Å². The van der Waals surface area contributed by atoms with E-state index in [-0.39, 0.29) is 55.3 Å². The van der Waals surface area contributed by atoms with Gasteiger partial charge in [0, 0.05) is 34.3 Å². The smallest absolute Gasteiger partial charge is 0.333 e. The molecule has 8 nitrogen and oxygen atoms in total. The number of aliphatic hydroxyl groups is 2. The van der Waals surface area contributed by atoms with Crippen LogP contribution in [0.15, 0.2) is 66.9 Å². The van der Waals surface area contributed by atoms with Gasteiger partial charge in [-0.15, -0.1) is 0 Å². The number of pyridine rings is 1. The van der Waals surface area contributed by atoms with Gasteiger partial charge in [-0.25, -0.2) is 18.4 Å². The number of fused-ring (bicyclic) bond motifs is 1. The molecule has 14 heteroatoms. The lowest BCUT2D eigenvalue weighted by Crippen LogP contribution is -2.42. The molecule has 1 atom stereocenters. The van der Waals surface area contributed by atoms with Crippen LogP contribution in [-0.4, -0.2) is 44.5 Å². The Kier molecular flexibility index (Phi) is 9.02. The number of amides is 1. The summed E-state index contributed by atoms with van der Waals surface area (Å²) in [6, 6.07) is 13.6. The summed E-state index contributed by atoms with van der Waals surface area (Å²) in [6.45, 7) is -0.601. The summed E-state index contributed by atoms with van der Waals surface area (Å²) in [4.78, 5) is 17.9. The minimum atomic E-state index is -2.92. The van der Waals surface area contributed by atoms with Crippen molar-refractivity contribution in [1.29, 1.82) is 0 Å². The van der Waals surface area contributed by atoms with Crippen molar-refractivity contribution in [1.82, 2.24) is 20.1 Å². The average Bonchev–Trinajstić information content (AvgIpc) is 3.46. The number of nitrogens with one attached hydrogen (secondary N) is 1. The lowest BCUT2D eigenvalue weighted by atomic mass is 9.86. The van der Waals surface area contributed by atoms with Gasteiger partial charge in [0.2, 0.25) is 0 Å². The maximum Gasteiger partial charge on any atom is 0.333 e. The zero-order chi connectivity index (χ0) is 33.6. The molecule has 0 saturated carbocycles. The lowest BCUT2D eigenvalue weighted by molar-refractivity contribution is 0.0573. The minimum absolute atomic E-state index is 0.0125. The van der Waals surface area contributed by atoms with Gasteiger partial charge < -0.3 is 20.3 Å². The van der Waals surface area contributed by atoms with Gasteiger partial charge in [-0.2, -0.15) is 13.9 Å². The molecule has 0 aliphatic rings. The number of rotatable bonds is 9. The molecule has 0 aliphatic heterocycles. The Balaban J connectivity index is 1.63. The van der Waals surface area contributed by atoms with Crippen molar-refractivity contribution in [2.24, 2.45) is 0 Å². The first-order valence-electron chi connectivity index (χ1n) is 13.6. The Labute approximate surface area is 270 Å². The second-order valence-electron chi connectivity index (χ2n) is 10.9. The number of methoxy groups -OCH3 is 1. The number of hydrogen-bond acceptors (Lipinski definition) is 6. The molecule has 46 heavy (non-hydrogen) atoms. The number of benzene rings is 3. The van der Waals surface area contributed by atoms with Gasteiger partial charge in [-0.1, -0.05) is 53.5 Å². The van der Waals surface area contributed by atoms with E-state index in [1.165, 1.54) is 39.2 Å². The summed E-state index contributed by atoms with van der Waals surface area (Å²) in [5.41, 5.74) is -4.03. The molecule has 3 N–H and O–H groups in total. The molecule has 0 saturated heterocycles. The Morgan fingerprint density at radius 1 is 1.04 bits per heavy atom. The Bertz CT molecular complexity index is 1950. The number of carbonyl (C=O) groups is 1. The molecule has 0 aliphatic carbocycles. The standard InChI is InChI=1S/C32H26Cl2F4N4O4/c1-31(2,44)20-12-25(40-28(26(20)34)19-11-21(33)23(36)13-22(19)35)32(45,18-7-5-4-6-8-18)15-39-29(43)16-9-17-14-42(30(37)38)41-27(17)24(10-16)46-3/h4-14,30,44-45H,15H2,1-3H3,(H,39,43)/t32-/m1/s1. The van der Waals surface area contributed by atoms with Crippen LogP contribution in [0.3, 0.4) is 0 Å². The molecule has 5 aromatic rings. The van der Waals surface area contributed by atoms with Gasteiger partial charge in [0.15, 0.2) is 0 Å². The van der Waals surface area contributed by atoms with Crippen molar-refractivity contribution >= 4 is 40.0 Å². The first kappa shape index (κ1) is 33.1. The summed E-state index contributed by atoms with van der Waals surface area (Å²) in [7, 11) is 1.30. The van der Waals surface area contributed by atoms with Crippen LogP contribution >= 0.6 is 23.2 Å². The van der Waals surface area contributed by atoms with Crippen LogP contribution in [0.4, 0.5) is 17.6 Å². The number of carbonyl (C=O) groups excluding carboxylic acids is 1. The third-order valence-corrected chi connectivity index (χ3v) is 8.01. The molecule has 1 amide bonds. The average molecular weight is 677 g/mol. The van der Waals surface area contributed by atoms with E-state index in [9.17, 15) is 28.2 Å². The van der Waals surface area contributed by atoms with E-state index in [0.717, 1.165) is 12.3 Å². The zero-order valence-electron chi connectivity index (χ0n) is 24.5. The fraction of sp³-hybridized carbons (Fsp3) is 0.219. The molecular weight excluding hydrogens is 651 g/mol. The highest BCUT2D eigenvalue weighted by Crippen LogP contribution is 2.41. The van der Waals surface area contributed by atoms with Crippen molar-refractivity contribution in [2.45, 2.75) is 31.6 Å². The van der Waals surface area contributed by atoms with E-state index >= 15 is 4.39 Å². The van der Waals surface area contributed by atoms with E-state index in [1.54, 1.807) is 30.3 Å². The summed E-state index contributed by atoms with van der Waals surface area (Å²) in [6.07, 6.45) is 1.07. The normalized spacial score (nSPS) is 13.2. The molecule has 0 radical (unpaired) electrons. The number of halogens is 6. The SMILES string of the molecule is COc1cc(C(=O)NC[C@@](O)(c2ccccc2)c2cc(C(C)(C)O)c(Cl)c(-c3cc(Cl)c(F)cc3F)n2)cc2cn(C(F)F)nc12. The molecule has 0 fully saturated rings. The first-order valence-corrected chi connectivity index (χ1v) is 14.4. The number of hydrogen-bond donors (Lipinski definition) is 3. The third-order valence-electron chi connectivity index (χ3n) is 7.34. The molecule has 0 unspecified atom stereocenters. The molecule has 5 rings (SSSR count). The number of ether oxygens (including phenoxy) is 1. The number of nitrogens with zero attached hydrogens (tertiary/aromatic N) is 3. The van der Waals surface area contributed by atoms with Crippen molar-refractivity contribution < 1.29 is 37.3 Å². The number of alkyl halides is 2. The maximum absolute atomic E-state index is 15.1. The second-order valence-corrected chi connectivity index (χ2v) is 11.7. The molecule has 0 bridgehead atoms. The van der Waals surface area contributed by atoms with E-state index in [0.29, 0.717) is 10.7 Å². The van der Waals surface area contributed by atoms with E-state index < -0.39 is 46.9 Å². The topological polar surface area (TPSA) is 110 Å². The lowest BCUT2D eigenvalue weighted by Gasteiger charge is -2.31. The van der Waals surface area contributed by atoms with Crippen LogP contribution in [0.25, 0.3) is 22.2 Å². The summed E-state index contributed by atoms with van der Waals surface area (Å²) >= 11 is 12.6. The van der Waals surface area contributed by atoms with Crippen LogP contribution in [0.5, 0.6) is 5.75 Å². The quantitative estimate of drug-likeness (QED) is 0.115. The van der Waals surface area contributed by atoms with Gasteiger partial charge in [0.05, 0.1) is 40.7 Å². The highest BCUT2D eigenvalue weighted by Gasteiger charge is 2.37. The van der Waals surface area contributed by atoms with Crippen molar-refractivity contribution in [3.63, 3.8) is 0 Å². The van der Waals surface area contributed by atoms with Crippen LogP contribution < -0.4 is 10.1 Å². The second kappa shape index (κ2) is 12.5. The molecule has 3 aromatic carbocycles. The third kappa shape index (κ3) is 6.25. The fourth-order valence-electron chi connectivity index (χ4n) is 4.94. The first-order chi connectivity index (χ1) is 21.6. The van der Waals surface area contributed by atoms with E-state index in [1.807, 2.05) is 0 Å². The minimum Gasteiger partial charge on any atom is -0.494 e. The number of aromatic nitrogens is 3. The van der Waals surface area contributed by atoms with Gasteiger partial charge >= 0.3 is 6.55 Å². The van der Waals surface area contributed by atoms with Crippen LogP contribution in [0.1, 0.15) is 47.6 Å². The van der Waals surface area contributed by atoms with Crippen molar-refractivity contribution in [2.75, 3.05) is 13.7 Å². The predicted octanol–water partition coefficient (Wildman–Crippen LogP) is 6.98. The van der Waals surface area contributed by atoms with Gasteiger partial charge in [0.25, 0.3) is 5.91 Å². The highest BCUT2D eigenvalue weighted by atomic mass is 35.5. The van der Waals surface area contributed by atoms with Crippen molar-refractivity contribution in [3.8, 4) is 17.0 Å². The van der Waals surface area contributed by atoms with Crippen LogP contribution in [-0.2, 0) is 11.2 Å². The Morgan fingerprint density at radius 2 is 1.74 bits per heavy atom. The zero-order valence-corrected chi connectivity index (χ0v) is 26.0. The fourth-order valence-corrected chi connectivity index (χ4v) is 5.54. The highest BCUT2D eigenvalue weighted by molar-refractivity contribution is 6.34. The summed E-state index contributed by atoms with van der Waals surface area (Å²) < 4.78 is 61.4. The van der Waals surface area contributed by atoms with Crippen molar-refractivity contribution in [3.05, 3.63) is 111 Å². The Hall–Kier alpha value is -4.23. The monoisotopic (exact) mass is 676 g/mol. The van der Waals surface area contributed by atoms with Gasteiger partial charge in [0.1, 0.15) is 28.5 Å². The predicted molar refractivity (Wildman–Crippen MR) is 164 cm³/mol.